The number of para-hydroxylation sites is 1. The van der Waals surface area contributed by atoms with Crippen LogP contribution < -0.4 is 14.4 Å². The van der Waals surface area contributed by atoms with E-state index in [-0.39, 0.29) is 16.9 Å². The molecule has 0 aromatic heterocycles. The van der Waals surface area contributed by atoms with Crippen molar-refractivity contribution >= 4 is 29.1 Å². The lowest BCUT2D eigenvalue weighted by Gasteiger charge is -2.40. The van der Waals surface area contributed by atoms with Crippen LogP contribution in [0.25, 0.3) is 0 Å². The van der Waals surface area contributed by atoms with Gasteiger partial charge in [-0.3, -0.25) is 9.59 Å². The molecule has 2 heterocycles. The van der Waals surface area contributed by atoms with E-state index in [0.717, 1.165) is 23.4 Å². The third-order valence-electron chi connectivity index (χ3n) is 7.35. The number of carbonyl (C=O) groups is 2. The Morgan fingerprint density at radius 2 is 1.57 bits per heavy atom. The van der Waals surface area contributed by atoms with Gasteiger partial charge in [0.05, 0.1) is 19.2 Å². The standard InChI is InChI=1S/C28H25ClF2N2O4/c1-36-22-8-5-9-23(37-2)24(22)27(35)33-16-28(18-6-3-4-7-21(18)33)10-12-32(13-11-28)26(34)17-14-19(29)25(31)20(30)15-17/h3-9,14-15H,10-13,16H2,1-2H3. The Morgan fingerprint density at radius 1 is 0.919 bits per heavy atom. The van der Waals surface area contributed by atoms with Crippen molar-refractivity contribution in [1.29, 1.82) is 0 Å². The fourth-order valence-electron chi connectivity index (χ4n) is 5.44. The Kier molecular flexibility index (Phi) is 6.54. The molecular weight excluding hydrogens is 502 g/mol. The van der Waals surface area contributed by atoms with Crippen molar-refractivity contribution in [2.45, 2.75) is 18.3 Å². The smallest absolute Gasteiger partial charge is 0.265 e. The number of fused-ring (bicyclic) bond motifs is 2. The highest BCUT2D eigenvalue weighted by Crippen LogP contribution is 2.48. The Balaban J connectivity index is 1.42. The second kappa shape index (κ2) is 9.67. The molecule has 0 radical (unpaired) electrons. The van der Waals surface area contributed by atoms with Crippen LogP contribution in [-0.2, 0) is 5.41 Å². The van der Waals surface area contributed by atoms with Gasteiger partial charge in [0, 0.05) is 36.3 Å². The van der Waals surface area contributed by atoms with E-state index in [1.165, 1.54) is 14.2 Å². The third kappa shape index (κ3) is 4.19. The van der Waals surface area contributed by atoms with Crippen LogP contribution in [0.3, 0.4) is 0 Å². The van der Waals surface area contributed by atoms with Crippen LogP contribution in [-0.4, -0.2) is 50.6 Å². The third-order valence-corrected chi connectivity index (χ3v) is 7.63. The van der Waals surface area contributed by atoms with Crippen molar-refractivity contribution in [2.24, 2.45) is 0 Å². The minimum Gasteiger partial charge on any atom is -0.496 e. The molecule has 0 bridgehead atoms. The predicted molar refractivity (Wildman–Crippen MR) is 136 cm³/mol. The highest BCUT2D eigenvalue weighted by Gasteiger charge is 2.47. The van der Waals surface area contributed by atoms with Crippen LogP contribution in [0.2, 0.25) is 5.02 Å². The summed E-state index contributed by atoms with van der Waals surface area (Å²) < 4.78 is 38.4. The van der Waals surface area contributed by atoms with Crippen LogP contribution in [0.15, 0.2) is 54.6 Å². The van der Waals surface area contributed by atoms with E-state index in [4.69, 9.17) is 21.1 Å². The summed E-state index contributed by atoms with van der Waals surface area (Å²) >= 11 is 5.76. The van der Waals surface area contributed by atoms with Crippen molar-refractivity contribution < 1.29 is 27.8 Å². The molecule has 0 atom stereocenters. The molecule has 9 heteroatoms. The molecule has 0 unspecified atom stereocenters. The van der Waals surface area contributed by atoms with Crippen LogP contribution in [0.4, 0.5) is 14.5 Å². The summed E-state index contributed by atoms with van der Waals surface area (Å²) in [6, 6.07) is 15.0. The van der Waals surface area contributed by atoms with Gasteiger partial charge in [-0.1, -0.05) is 35.9 Å². The van der Waals surface area contributed by atoms with Crippen LogP contribution in [0.5, 0.6) is 11.5 Å². The topological polar surface area (TPSA) is 59.1 Å². The normalized spacial score (nSPS) is 16.0. The molecule has 3 aromatic carbocycles. The Morgan fingerprint density at radius 3 is 2.19 bits per heavy atom. The van der Waals surface area contributed by atoms with Gasteiger partial charge >= 0.3 is 0 Å². The molecule has 2 amide bonds. The first-order chi connectivity index (χ1) is 17.8. The van der Waals surface area contributed by atoms with Crippen molar-refractivity contribution in [3.8, 4) is 11.5 Å². The summed E-state index contributed by atoms with van der Waals surface area (Å²) in [7, 11) is 3.02. The van der Waals surface area contributed by atoms with Crippen LogP contribution in [0, 0.1) is 11.6 Å². The lowest BCUT2D eigenvalue weighted by Crippen LogP contribution is -2.48. The van der Waals surface area contributed by atoms with Gasteiger partial charge in [0.15, 0.2) is 11.6 Å². The SMILES string of the molecule is COc1cccc(OC)c1C(=O)N1CC2(CCN(C(=O)c3cc(F)c(F)c(Cl)c3)CC2)c2ccccc21. The zero-order valence-electron chi connectivity index (χ0n) is 20.4. The first-order valence-electron chi connectivity index (χ1n) is 11.9. The minimum atomic E-state index is -1.17. The molecule has 1 saturated heterocycles. The van der Waals surface area contributed by atoms with Gasteiger partial charge in [0.1, 0.15) is 17.1 Å². The number of hydrogen-bond donors (Lipinski definition) is 0. The Labute approximate surface area is 218 Å². The molecule has 0 aliphatic carbocycles. The van der Waals surface area contributed by atoms with Crippen molar-refractivity contribution in [1.82, 2.24) is 4.90 Å². The lowest BCUT2D eigenvalue weighted by molar-refractivity contribution is 0.0670. The highest BCUT2D eigenvalue weighted by molar-refractivity contribution is 6.31. The summed E-state index contributed by atoms with van der Waals surface area (Å²) in [5.74, 6) is -2.12. The van der Waals surface area contributed by atoms with E-state index >= 15 is 0 Å². The van der Waals surface area contributed by atoms with Crippen molar-refractivity contribution in [2.75, 3.05) is 38.8 Å². The largest absolute Gasteiger partial charge is 0.496 e. The number of piperidine rings is 1. The van der Waals surface area contributed by atoms with E-state index in [1.54, 1.807) is 28.0 Å². The Hall–Kier alpha value is -3.65. The van der Waals surface area contributed by atoms with Gasteiger partial charge in [-0.2, -0.15) is 0 Å². The molecule has 2 aliphatic heterocycles. The first-order valence-corrected chi connectivity index (χ1v) is 12.2. The van der Waals surface area contributed by atoms with Crippen LogP contribution >= 0.6 is 11.6 Å². The number of likely N-dealkylation sites (tertiary alicyclic amines) is 1. The number of rotatable bonds is 4. The van der Waals surface area contributed by atoms with Gasteiger partial charge in [0.25, 0.3) is 11.8 Å². The molecule has 6 nitrogen and oxygen atoms in total. The molecule has 37 heavy (non-hydrogen) atoms. The van der Waals surface area contributed by atoms with Gasteiger partial charge in [0.2, 0.25) is 0 Å². The number of benzene rings is 3. The quantitative estimate of drug-likeness (QED) is 0.423. The average Bonchev–Trinajstić information content (AvgIpc) is 3.24. The molecule has 0 saturated carbocycles. The molecule has 2 aliphatic rings. The van der Waals surface area contributed by atoms with E-state index in [1.807, 2.05) is 24.3 Å². The summed E-state index contributed by atoms with van der Waals surface area (Å²) in [6.07, 6.45) is 1.19. The van der Waals surface area contributed by atoms with Crippen LogP contribution in [0.1, 0.15) is 39.1 Å². The maximum absolute atomic E-state index is 13.9. The first kappa shape index (κ1) is 25.0. The van der Waals surface area contributed by atoms with E-state index < -0.39 is 22.6 Å². The number of carbonyl (C=O) groups excluding carboxylic acids is 2. The average molecular weight is 527 g/mol. The zero-order chi connectivity index (χ0) is 26.3. The van der Waals surface area contributed by atoms with E-state index in [0.29, 0.717) is 49.5 Å². The number of anilines is 1. The van der Waals surface area contributed by atoms with Gasteiger partial charge in [-0.25, -0.2) is 8.78 Å². The van der Waals surface area contributed by atoms with Gasteiger partial charge < -0.3 is 19.3 Å². The minimum absolute atomic E-state index is 0.00624. The maximum Gasteiger partial charge on any atom is 0.265 e. The number of halogens is 3. The number of hydrogen-bond acceptors (Lipinski definition) is 4. The predicted octanol–water partition coefficient (Wildman–Crippen LogP) is 5.47. The number of nitrogens with zero attached hydrogens (tertiary/aromatic N) is 2. The fraction of sp³-hybridized carbons (Fsp3) is 0.286. The summed E-state index contributed by atoms with van der Waals surface area (Å²) in [5.41, 5.74) is 1.85. The highest BCUT2D eigenvalue weighted by atomic mass is 35.5. The summed E-state index contributed by atoms with van der Waals surface area (Å²) in [5, 5.41) is -0.428. The molecule has 1 spiro atoms. The van der Waals surface area contributed by atoms with Crippen molar-refractivity contribution in [3.05, 3.63) is 87.9 Å². The second-order valence-electron chi connectivity index (χ2n) is 9.27. The fourth-order valence-corrected chi connectivity index (χ4v) is 5.64. The molecular formula is C28H25ClF2N2O4. The molecule has 1 fully saturated rings. The van der Waals surface area contributed by atoms with E-state index in [9.17, 15) is 18.4 Å². The Bertz CT molecular complexity index is 1340. The van der Waals surface area contributed by atoms with E-state index in [2.05, 4.69) is 0 Å². The molecule has 192 valence electrons. The second-order valence-corrected chi connectivity index (χ2v) is 9.68. The van der Waals surface area contributed by atoms with Gasteiger partial charge in [-0.15, -0.1) is 0 Å². The number of ether oxygens (including phenoxy) is 2. The molecule has 5 rings (SSSR count). The summed E-state index contributed by atoms with van der Waals surface area (Å²) in [6.45, 7) is 1.22. The number of methoxy groups -OCH3 is 2. The van der Waals surface area contributed by atoms with Crippen molar-refractivity contribution in [3.63, 3.8) is 0 Å². The van der Waals surface area contributed by atoms with Gasteiger partial charge in [-0.05, 0) is 48.7 Å². The lowest BCUT2D eigenvalue weighted by atomic mass is 9.74. The summed E-state index contributed by atoms with van der Waals surface area (Å²) in [4.78, 5) is 30.3. The monoisotopic (exact) mass is 526 g/mol. The molecule has 3 aromatic rings. The zero-order valence-corrected chi connectivity index (χ0v) is 21.1. The molecule has 0 N–H and O–H groups in total. The number of amides is 2. The maximum atomic E-state index is 13.9.